The molecule has 32 heavy (non-hydrogen) atoms. The second-order valence-corrected chi connectivity index (χ2v) is 8.41. The number of carbonyl (C=O) groups excluding carboxylic acids is 1. The molecule has 9 nitrogen and oxygen atoms in total. The van der Waals surface area contributed by atoms with Gasteiger partial charge in [-0.25, -0.2) is 9.97 Å². The van der Waals surface area contributed by atoms with Crippen molar-refractivity contribution in [2.24, 2.45) is 0 Å². The lowest BCUT2D eigenvalue weighted by Gasteiger charge is -2.27. The molecule has 4 heterocycles. The molecule has 3 aromatic rings. The van der Waals surface area contributed by atoms with Gasteiger partial charge in [0, 0.05) is 56.9 Å². The third-order valence-corrected chi connectivity index (χ3v) is 6.03. The van der Waals surface area contributed by atoms with Gasteiger partial charge in [0.2, 0.25) is 11.9 Å². The minimum absolute atomic E-state index is 0.173. The first-order valence-electron chi connectivity index (χ1n) is 11.3. The number of nitrogens with one attached hydrogen (secondary N) is 1. The highest BCUT2D eigenvalue weighted by atomic mass is 16.5. The molecular formula is C23H29N7O2. The maximum atomic E-state index is 11.8. The quantitative estimate of drug-likeness (QED) is 0.582. The van der Waals surface area contributed by atoms with Crippen LogP contribution in [0.25, 0.3) is 11.0 Å². The number of carbonyl (C=O) groups is 1. The third kappa shape index (κ3) is 4.67. The summed E-state index contributed by atoms with van der Waals surface area (Å²) in [6.07, 6.45) is 8.86. The summed E-state index contributed by atoms with van der Waals surface area (Å²) in [5.41, 5.74) is 1.74. The standard InChI is InChI=1S/C23H29N7O2/c1-17(31)30(20-4-5-20)9-2-8-29-10-7-18-15-25-23(27-22(18)29)26-19-3-6-21(24-16-19)28-11-13-32-14-12-28/h3,6-7,10,15-16,20H,2,4-5,8-9,11-14H2,1H3,(H,25,26,27). The molecule has 168 valence electrons. The maximum absolute atomic E-state index is 11.8. The lowest BCUT2D eigenvalue weighted by Crippen LogP contribution is -2.36. The second-order valence-electron chi connectivity index (χ2n) is 8.41. The van der Waals surface area contributed by atoms with E-state index in [0.29, 0.717) is 12.0 Å². The number of nitrogens with zero attached hydrogens (tertiary/aromatic N) is 6. The Balaban J connectivity index is 1.23. The lowest BCUT2D eigenvalue weighted by atomic mass is 10.3. The Morgan fingerprint density at radius 3 is 2.75 bits per heavy atom. The summed E-state index contributed by atoms with van der Waals surface area (Å²) in [7, 11) is 0. The van der Waals surface area contributed by atoms with E-state index >= 15 is 0 Å². The molecule has 2 fully saturated rings. The predicted octanol–water partition coefficient (Wildman–Crippen LogP) is 2.81. The van der Waals surface area contributed by atoms with Gasteiger partial charge < -0.3 is 24.4 Å². The molecule has 1 aliphatic carbocycles. The van der Waals surface area contributed by atoms with Crippen LogP contribution in [0.4, 0.5) is 17.5 Å². The number of aromatic nitrogens is 4. The van der Waals surface area contributed by atoms with E-state index in [1.807, 2.05) is 41.7 Å². The zero-order valence-electron chi connectivity index (χ0n) is 18.4. The van der Waals surface area contributed by atoms with Crippen LogP contribution in [0.3, 0.4) is 0 Å². The van der Waals surface area contributed by atoms with Crippen LogP contribution in [0.15, 0.2) is 36.8 Å². The van der Waals surface area contributed by atoms with Crippen LogP contribution in [-0.2, 0) is 16.1 Å². The Morgan fingerprint density at radius 1 is 1.19 bits per heavy atom. The fourth-order valence-corrected chi connectivity index (χ4v) is 4.17. The van der Waals surface area contributed by atoms with Crippen molar-refractivity contribution in [1.82, 2.24) is 24.4 Å². The molecule has 1 saturated heterocycles. The van der Waals surface area contributed by atoms with Gasteiger partial charge in [-0.3, -0.25) is 4.79 Å². The molecule has 2 aliphatic rings. The highest BCUT2D eigenvalue weighted by Gasteiger charge is 2.30. The van der Waals surface area contributed by atoms with Crippen molar-refractivity contribution in [3.05, 3.63) is 36.8 Å². The number of hydrogen-bond acceptors (Lipinski definition) is 7. The average molecular weight is 436 g/mol. The molecule has 9 heteroatoms. The Morgan fingerprint density at radius 2 is 2.03 bits per heavy atom. The normalized spacial score (nSPS) is 16.3. The summed E-state index contributed by atoms with van der Waals surface area (Å²) >= 11 is 0. The van der Waals surface area contributed by atoms with E-state index in [4.69, 9.17) is 9.72 Å². The molecule has 3 aromatic heterocycles. The molecule has 0 atom stereocenters. The summed E-state index contributed by atoms with van der Waals surface area (Å²) in [6, 6.07) is 6.49. The van der Waals surface area contributed by atoms with Gasteiger partial charge >= 0.3 is 0 Å². The molecule has 1 amide bonds. The SMILES string of the molecule is CC(=O)N(CCCn1ccc2cnc(Nc3ccc(N4CCOCC4)nc3)nc21)C1CC1. The van der Waals surface area contributed by atoms with Crippen LogP contribution in [0.1, 0.15) is 26.2 Å². The lowest BCUT2D eigenvalue weighted by molar-refractivity contribution is -0.129. The van der Waals surface area contributed by atoms with Gasteiger partial charge in [0.05, 0.1) is 25.1 Å². The predicted molar refractivity (Wildman–Crippen MR) is 123 cm³/mol. The number of rotatable bonds is 8. The van der Waals surface area contributed by atoms with Crippen molar-refractivity contribution in [1.29, 1.82) is 0 Å². The molecule has 0 unspecified atom stereocenters. The van der Waals surface area contributed by atoms with E-state index in [0.717, 1.165) is 81.2 Å². The Bertz CT molecular complexity index is 1070. The maximum Gasteiger partial charge on any atom is 0.229 e. The van der Waals surface area contributed by atoms with Crippen LogP contribution >= 0.6 is 0 Å². The summed E-state index contributed by atoms with van der Waals surface area (Å²) in [6.45, 7) is 6.47. The first-order valence-corrected chi connectivity index (χ1v) is 11.3. The minimum Gasteiger partial charge on any atom is -0.378 e. The zero-order chi connectivity index (χ0) is 21.9. The number of morpholine rings is 1. The van der Waals surface area contributed by atoms with E-state index in [2.05, 4.69) is 24.8 Å². The van der Waals surface area contributed by atoms with Crippen molar-refractivity contribution >= 4 is 34.4 Å². The van der Waals surface area contributed by atoms with E-state index in [9.17, 15) is 4.79 Å². The fourth-order valence-electron chi connectivity index (χ4n) is 4.17. The summed E-state index contributed by atoms with van der Waals surface area (Å²) < 4.78 is 7.54. The smallest absolute Gasteiger partial charge is 0.229 e. The van der Waals surface area contributed by atoms with Crippen molar-refractivity contribution in [3.8, 4) is 0 Å². The average Bonchev–Trinajstić information content (AvgIpc) is 3.58. The van der Waals surface area contributed by atoms with Crippen molar-refractivity contribution in [3.63, 3.8) is 0 Å². The molecule has 1 saturated carbocycles. The van der Waals surface area contributed by atoms with Gasteiger partial charge in [-0.15, -0.1) is 0 Å². The monoisotopic (exact) mass is 435 g/mol. The zero-order valence-corrected chi connectivity index (χ0v) is 18.4. The molecule has 0 spiro atoms. The van der Waals surface area contributed by atoms with Crippen LogP contribution in [0.2, 0.25) is 0 Å². The summed E-state index contributed by atoms with van der Waals surface area (Å²) in [5, 5.41) is 4.26. The fraction of sp³-hybridized carbons (Fsp3) is 0.478. The van der Waals surface area contributed by atoms with Crippen LogP contribution in [0.5, 0.6) is 0 Å². The molecule has 1 aliphatic heterocycles. The molecule has 0 bridgehead atoms. The largest absolute Gasteiger partial charge is 0.378 e. The number of aryl methyl sites for hydroxylation is 1. The van der Waals surface area contributed by atoms with E-state index in [1.165, 1.54) is 0 Å². The number of hydrogen-bond donors (Lipinski definition) is 1. The van der Waals surface area contributed by atoms with Gasteiger partial charge in [-0.2, -0.15) is 4.98 Å². The first kappa shape index (κ1) is 20.7. The first-order chi connectivity index (χ1) is 15.7. The minimum atomic E-state index is 0.173. The number of pyridine rings is 1. The number of ether oxygens (including phenoxy) is 1. The number of amides is 1. The Hall–Kier alpha value is -3.20. The molecule has 1 N–H and O–H groups in total. The van der Waals surface area contributed by atoms with Gasteiger partial charge in [-0.05, 0) is 37.5 Å². The topological polar surface area (TPSA) is 88.4 Å². The van der Waals surface area contributed by atoms with Crippen molar-refractivity contribution in [2.75, 3.05) is 43.1 Å². The van der Waals surface area contributed by atoms with Gasteiger partial charge in [0.1, 0.15) is 11.5 Å². The second kappa shape index (κ2) is 9.12. The van der Waals surface area contributed by atoms with Gasteiger partial charge in [0.15, 0.2) is 0 Å². The molecule has 0 aromatic carbocycles. The van der Waals surface area contributed by atoms with Crippen molar-refractivity contribution < 1.29 is 9.53 Å². The van der Waals surface area contributed by atoms with Crippen molar-refractivity contribution in [2.45, 2.75) is 38.8 Å². The molecular weight excluding hydrogens is 406 g/mol. The van der Waals surface area contributed by atoms with Crippen LogP contribution in [-0.4, -0.2) is 69.2 Å². The van der Waals surface area contributed by atoms with Gasteiger partial charge in [-0.1, -0.05) is 0 Å². The summed E-state index contributed by atoms with van der Waals surface area (Å²) in [4.78, 5) is 29.8. The van der Waals surface area contributed by atoms with E-state index in [-0.39, 0.29) is 5.91 Å². The number of anilines is 3. The van der Waals surface area contributed by atoms with E-state index in [1.54, 1.807) is 6.92 Å². The highest BCUT2D eigenvalue weighted by Crippen LogP contribution is 2.27. The molecule has 5 rings (SSSR count). The number of fused-ring (bicyclic) bond motifs is 1. The summed E-state index contributed by atoms with van der Waals surface area (Å²) in [5.74, 6) is 1.67. The van der Waals surface area contributed by atoms with E-state index < -0.39 is 0 Å². The van der Waals surface area contributed by atoms with Crippen LogP contribution < -0.4 is 10.2 Å². The third-order valence-electron chi connectivity index (χ3n) is 6.03. The Labute approximate surface area is 187 Å². The van der Waals surface area contributed by atoms with Crippen LogP contribution in [0, 0.1) is 0 Å². The van der Waals surface area contributed by atoms with Gasteiger partial charge in [0.25, 0.3) is 0 Å². The molecule has 0 radical (unpaired) electrons. The Kier molecular flexibility index (Phi) is 5.89. The highest BCUT2D eigenvalue weighted by molar-refractivity contribution is 5.77.